The molecule has 1 aromatic carbocycles. The molecule has 0 aliphatic rings. The van der Waals surface area contributed by atoms with Gasteiger partial charge in [0.25, 0.3) is 11.5 Å². The molecular weight excluding hydrogens is 470 g/mol. The molecule has 0 atom stereocenters. The topological polar surface area (TPSA) is 101 Å². The summed E-state index contributed by atoms with van der Waals surface area (Å²) in [6, 6.07) is 0.451. The number of aromatic nitrogens is 2. The number of aromatic amines is 1. The average molecular weight is 494 g/mol. The van der Waals surface area contributed by atoms with Crippen LogP contribution in [0.4, 0.5) is 37.8 Å². The number of nitrogens with one attached hydrogen (secondary N) is 1. The van der Waals surface area contributed by atoms with Gasteiger partial charge in [0.1, 0.15) is 5.82 Å². The SMILES string of the molecule is CC(C)CN(C(=O)c1cc(C(F)(F)F)cc(C(F)(F)F)c1)c1c(N)n(CC(C)C)c(=O)[nH]c1=O. The fourth-order valence-corrected chi connectivity index (χ4v) is 3.26. The van der Waals surface area contributed by atoms with Crippen molar-refractivity contribution in [2.75, 3.05) is 17.2 Å². The fraction of sp³-hybridized carbons (Fsp3) is 0.476. The van der Waals surface area contributed by atoms with Gasteiger partial charge in [0.05, 0.1) is 11.1 Å². The molecule has 0 aliphatic carbocycles. The molecule has 1 heterocycles. The van der Waals surface area contributed by atoms with Crippen LogP contribution in [0.1, 0.15) is 49.2 Å². The summed E-state index contributed by atoms with van der Waals surface area (Å²) in [5.41, 5.74) is -0.786. The summed E-state index contributed by atoms with van der Waals surface area (Å²) < 4.78 is 80.6. The highest BCUT2D eigenvalue weighted by Crippen LogP contribution is 2.37. The third kappa shape index (κ3) is 6.00. The van der Waals surface area contributed by atoms with E-state index < -0.39 is 57.7 Å². The Morgan fingerprint density at radius 1 is 0.971 bits per heavy atom. The minimum absolute atomic E-state index is 0.0416. The lowest BCUT2D eigenvalue weighted by Crippen LogP contribution is -2.43. The first-order valence-corrected chi connectivity index (χ1v) is 10.2. The Labute approximate surface area is 190 Å². The van der Waals surface area contributed by atoms with Gasteiger partial charge in [0.15, 0.2) is 5.69 Å². The summed E-state index contributed by atoms with van der Waals surface area (Å²) in [5.74, 6) is -2.23. The Kier molecular flexibility index (Phi) is 7.58. The summed E-state index contributed by atoms with van der Waals surface area (Å²) in [5, 5.41) is 0. The number of carbonyl (C=O) groups excluding carboxylic acids is 1. The smallest absolute Gasteiger partial charge is 0.383 e. The molecule has 188 valence electrons. The van der Waals surface area contributed by atoms with Crippen molar-refractivity contribution in [3.8, 4) is 0 Å². The number of hydrogen-bond donors (Lipinski definition) is 2. The number of nitrogens with zero attached hydrogens (tertiary/aromatic N) is 2. The van der Waals surface area contributed by atoms with Crippen molar-refractivity contribution in [3.63, 3.8) is 0 Å². The second-order valence-electron chi connectivity index (χ2n) is 8.60. The van der Waals surface area contributed by atoms with E-state index in [2.05, 4.69) is 0 Å². The lowest BCUT2D eigenvalue weighted by molar-refractivity contribution is -0.143. The fourth-order valence-electron chi connectivity index (χ4n) is 3.26. The van der Waals surface area contributed by atoms with Gasteiger partial charge in [-0.25, -0.2) is 4.79 Å². The van der Waals surface area contributed by atoms with Gasteiger partial charge in [0.2, 0.25) is 0 Å². The Bertz CT molecular complexity index is 1150. The van der Waals surface area contributed by atoms with Crippen LogP contribution in [0.5, 0.6) is 0 Å². The van der Waals surface area contributed by atoms with E-state index in [9.17, 15) is 40.7 Å². The maximum atomic E-state index is 13.3. The van der Waals surface area contributed by atoms with Crippen LogP contribution in [0.25, 0.3) is 0 Å². The Morgan fingerprint density at radius 3 is 1.88 bits per heavy atom. The van der Waals surface area contributed by atoms with Crippen LogP contribution in [0, 0.1) is 11.8 Å². The Morgan fingerprint density at radius 2 is 1.47 bits per heavy atom. The van der Waals surface area contributed by atoms with Crippen molar-refractivity contribution >= 4 is 17.4 Å². The highest BCUT2D eigenvalue weighted by Gasteiger charge is 2.38. The predicted molar refractivity (Wildman–Crippen MR) is 114 cm³/mol. The van der Waals surface area contributed by atoms with Crippen LogP contribution in [0.15, 0.2) is 27.8 Å². The van der Waals surface area contributed by atoms with Gasteiger partial charge >= 0.3 is 18.0 Å². The molecule has 34 heavy (non-hydrogen) atoms. The molecule has 13 heteroatoms. The van der Waals surface area contributed by atoms with Crippen molar-refractivity contribution in [1.29, 1.82) is 0 Å². The maximum absolute atomic E-state index is 13.3. The number of nitrogens with two attached hydrogens (primary N) is 1. The first kappa shape index (κ1) is 27.0. The quantitative estimate of drug-likeness (QED) is 0.590. The van der Waals surface area contributed by atoms with Gasteiger partial charge < -0.3 is 10.6 Å². The number of halogens is 6. The van der Waals surface area contributed by atoms with E-state index >= 15 is 0 Å². The van der Waals surface area contributed by atoms with Crippen molar-refractivity contribution < 1.29 is 31.1 Å². The zero-order chi connectivity index (χ0) is 26.2. The minimum atomic E-state index is -5.17. The number of nitrogen functional groups attached to an aromatic ring is 1. The third-order valence-electron chi connectivity index (χ3n) is 4.66. The van der Waals surface area contributed by atoms with Gasteiger partial charge in [-0.15, -0.1) is 0 Å². The first-order chi connectivity index (χ1) is 15.4. The molecule has 3 N–H and O–H groups in total. The van der Waals surface area contributed by atoms with E-state index in [0.717, 1.165) is 4.57 Å². The Hall–Kier alpha value is -3.25. The monoisotopic (exact) mass is 494 g/mol. The molecule has 0 unspecified atom stereocenters. The second-order valence-corrected chi connectivity index (χ2v) is 8.60. The molecular formula is C21H24F6N4O3. The van der Waals surface area contributed by atoms with Crippen LogP contribution < -0.4 is 21.9 Å². The van der Waals surface area contributed by atoms with Crippen LogP contribution in [-0.4, -0.2) is 22.0 Å². The summed E-state index contributed by atoms with van der Waals surface area (Å²) in [7, 11) is 0. The lowest BCUT2D eigenvalue weighted by atomic mass is 10.0. The van der Waals surface area contributed by atoms with Gasteiger partial charge in [0, 0.05) is 18.7 Å². The van der Waals surface area contributed by atoms with Crippen molar-refractivity contribution in [2.24, 2.45) is 11.8 Å². The molecule has 0 spiro atoms. The predicted octanol–water partition coefficient (Wildman–Crippen LogP) is 4.12. The molecule has 0 radical (unpaired) electrons. The normalized spacial score (nSPS) is 12.5. The zero-order valence-corrected chi connectivity index (χ0v) is 18.8. The molecule has 7 nitrogen and oxygen atoms in total. The van der Waals surface area contributed by atoms with Gasteiger partial charge in [-0.3, -0.25) is 19.1 Å². The molecule has 0 saturated heterocycles. The van der Waals surface area contributed by atoms with Crippen LogP contribution >= 0.6 is 0 Å². The highest BCUT2D eigenvalue weighted by atomic mass is 19.4. The molecule has 1 aromatic heterocycles. The number of H-pyrrole nitrogens is 1. The summed E-state index contributed by atoms with van der Waals surface area (Å²) >= 11 is 0. The highest BCUT2D eigenvalue weighted by molar-refractivity contribution is 6.07. The van der Waals surface area contributed by atoms with Crippen molar-refractivity contribution in [2.45, 2.75) is 46.6 Å². The van der Waals surface area contributed by atoms with Gasteiger partial charge in [-0.05, 0) is 30.0 Å². The van der Waals surface area contributed by atoms with E-state index in [0.29, 0.717) is 4.90 Å². The zero-order valence-electron chi connectivity index (χ0n) is 18.8. The summed E-state index contributed by atoms with van der Waals surface area (Å²) in [6.45, 7) is 6.48. The van der Waals surface area contributed by atoms with Crippen molar-refractivity contribution in [3.05, 3.63) is 55.7 Å². The average Bonchev–Trinajstić information content (AvgIpc) is 2.67. The second kappa shape index (κ2) is 9.55. The molecule has 0 fully saturated rings. The minimum Gasteiger partial charge on any atom is -0.383 e. The van der Waals surface area contributed by atoms with Crippen LogP contribution in [0.2, 0.25) is 0 Å². The molecule has 2 rings (SSSR count). The Balaban J connectivity index is 2.79. The van der Waals surface area contributed by atoms with E-state index in [4.69, 9.17) is 5.73 Å². The third-order valence-corrected chi connectivity index (χ3v) is 4.66. The number of carbonyl (C=O) groups is 1. The number of hydrogen-bond acceptors (Lipinski definition) is 4. The lowest BCUT2D eigenvalue weighted by Gasteiger charge is -2.27. The van der Waals surface area contributed by atoms with E-state index in [1.54, 1.807) is 27.7 Å². The number of anilines is 2. The molecule has 0 saturated carbocycles. The maximum Gasteiger partial charge on any atom is 0.416 e. The van der Waals surface area contributed by atoms with Gasteiger partial charge in [-0.1, -0.05) is 27.7 Å². The number of alkyl halides is 6. The number of rotatable bonds is 6. The van der Waals surface area contributed by atoms with E-state index in [1.807, 2.05) is 4.98 Å². The van der Waals surface area contributed by atoms with Gasteiger partial charge in [-0.2, -0.15) is 26.3 Å². The molecule has 1 amide bonds. The van der Waals surface area contributed by atoms with Crippen molar-refractivity contribution in [1.82, 2.24) is 9.55 Å². The largest absolute Gasteiger partial charge is 0.416 e. The van der Waals surface area contributed by atoms with E-state index in [1.165, 1.54) is 0 Å². The summed E-state index contributed by atoms with van der Waals surface area (Å²) in [4.78, 5) is 40.8. The standard InChI is InChI=1S/C21H24F6N4O3/c1-10(2)8-30(15-16(28)31(9-11(3)4)19(34)29-17(15)32)18(33)12-5-13(20(22,23)24)7-14(6-12)21(25,26)27/h5-7,10-11H,8-9,28H2,1-4H3,(H,29,32,34). The first-order valence-electron chi connectivity index (χ1n) is 10.2. The number of amides is 1. The molecule has 0 aliphatic heterocycles. The summed E-state index contributed by atoms with van der Waals surface area (Å²) in [6.07, 6.45) is -10.3. The number of benzene rings is 1. The van der Waals surface area contributed by atoms with Crippen LogP contribution in [-0.2, 0) is 18.9 Å². The van der Waals surface area contributed by atoms with E-state index in [-0.39, 0.29) is 43.1 Å². The molecule has 0 bridgehead atoms. The van der Waals surface area contributed by atoms with Crippen LogP contribution in [0.3, 0.4) is 0 Å². The molecule has 2 aromatic rings.